The summed E-state index contributed by atoms with van der Waals surface area (Å²) in [7, 11) is 2.59. The summed E-state index contributed by atoms with van der Waals surface area (Å²) in [5, 5.41) is 102. The number of methoxy groups -OCH3 is 2. The minimum atomic E-state index is -1.82. The van der Waals surface area contributed by atoms with Gasteiger partial charge in [0.1, 0.15) is 65.7 Å². The van der Waals surface area contributed by atoms with E-state index in [2.05, 4.69) is 0 Å². The molecule has 2 aromatic carbocycles. The third-order valence-corrected chi connectivity index (χ3v) is 7.73. The summed E-state index contributed by atoms with van der Waals surface area (Å²) >= 11 is 0. The summed E-state index contributed by atoms with van der Waals surface area (Å²) in [6.07, 6.45) is -16.5. The number of phenols is 2. The molecule has 3 aromatic rings. The molecule has 10 atom stereocenters. The Kier molecular flexibility index (Phi) is 9.89. The van der Waals surface area contributed by atoms with Crippen LogP contribution in [0.15, 0.2) is 34.7 Å². The van der Waals surface area contributed by atoms with Gasteiger partial charge in [-0.1, -0.05) is 0 Å². The van der Waals surface area contributed by atoms with Gasteiger partial charge >= 0.3 is 11.3 Å². The predicted octanol–water partition coefficient (Wildman–Crippen LogP) is -1.83. The van der Waals surface area contributed by atoms with Gasteiger partial charge in [-0.15, -0.1) is 0 Å². The summed E-state index contributed by atoms with van der Waals surface area (Å²) in [5.41, 5.74) is 0.120. The molecule has 17 heteroatoms. The Morgan fingerprint density at radius 3 is 1.61 bits per heavy atom. The van der Waals surface area contributed by atoms with Crippen LogP contribution < -0.4 is 18.9 Å². The molecule has 0 bridgehead atoms. The van der Waals surface area contributed by atoms with E-state index in [4.69, 9.17) is 32.8 Å². The second-order valence-electron chi connectivity index (χ2n) is 10.7. The zero-order valence-electron chi connectivity index (χ0n) is 24.4. The maximum atomic E-state index is 10.7. The highest BCUT2D eigenvalue weighted by Crippen LogP contribution is 2.46. The first-order chi connectivity index (χ1) is 21.9. The molecule has 5 rings (SSSR count). The van der Waals surface area contributed by atoms with Crippen molar-refractivity contribution in [3.8, 4) is 45.8 Å². The molecular weight excluding hydrogens is 620 g/mol. The van der Waals surface area contributed by atoms with Crippen LogP contribution in [0.5, 0.6) is 34.5 Å². The van der Waals surface area contributed by atoms with Crippen LogP contribution in [0.4, 0.5) is 0 Å². The lowest BCUT2D eigenvalue weighted by atomic mass is 9.99. The number of benzene rings is 2. The number of fused-ring (bicyclic) bond motifs is 1. The molecule has 0 amide bonds. The van der Waals surface area contributed by atoms with Crippen molar-refractivity contribution in [2.24, 2.45) is 0 Å². The fraction of sp³-hybridized carbons (Fsp3) is 0.483. The van der Waals surface area contributed by atoms with Crippen LogP contribution in [0, 0.1) is 0 Å². The zero-order valence-corrected chi connectivity index (χ0v) is 24.4. The van der Waals surface area contributed by atoms with Crippen molar-refractivity contribution in [2.75, 3.05) is 27.4 Å². The monoisotopic (exact) mass is 655 g/mol. The van der Waals surface area contributed by atoms with Crippen LogP contribution in [0.3, 0.4) is 0 Å². The van der Waals surface area contributed by atoms with Gasteiger partial charge in [0.25, 0.3) is 0 Å². The molecule has 0 aliphatic carbocycles. The fourth-order valence-corrected chi connectivity index (χ4v) is 5.16. The molecule has 2 saturated heterocycles. The highest BCUT2D eigenvalue weighted by atomic mass is 16.7. The van der Waals surface area contributed by atoms with Gasteiger partial charge in [-0.05, 0) is 0 Å². The second kappa shape index (κ2) is 13.5. The average Bonchev–Trinajstić information content (AvgIpc) is 3.05. The minimum absolute atomic E-state index is 0.0361. The number of hydrogen-bond donors (Lipinski definition) is 10. The quantitative estimate of drug-likeness (QED) is 0.114. The molecule has 0 saturated carbocycles. The Labute approximate surface area is 260 Å². The molecule has 10 N–H and O–H groups in total. The van der Waals surface area contributed by atoms with E-state index in [1.807, 2.05) is 0 Å². The molecule has 0 spiro atoms. The van der Waals surface area contributed by atoms with Crippen molar-refractivity contribution in [3.63, 3.8) is 0 Å². The second-order valence-corrected chi connectivity index (χ2v) is 10.7. The van der Waals surface area contributed by atoms with Gasteiger partial charge in [0.2, 0.25) is 24.1 Å². The number of aliphatic hydroxyl groups excluding tert-OH is 8. The maximum Gasteiger partial charge on any atom is 0.402 e. The largest absolute Gasteiger partial charge is 0.507 e. The lowest BCUT2D eigenvalue weighted by Crippen LogP contribution is -2.60. The molecule has 0 radical (unpaired) electrons. The highest BCUT2D eigenvalue weighted by molar-refractivity contribution is 5.89. The average molecular weight is 656 g/mol. The van der Waals surface area contributed by atoms with Gasteiger partial charge in [0.05, 0.1) is 39.1 Å². The Bertz CT molecular complexity index is 1500. The molecule has 1 aromatic heterocycles. The van der Waals surface area contributed by atoms with E-state index < -0.39 is 74.6 Å². The van der Waals surface area contributed by atoms with E-state index in [0.29, 0.717) is 0 Å². The SMILES string of the molecule is COc1cc(-c2[o+]c3cc(O)cc(O[C@@H]4O[C@H](CO)[C@@H](O)C(O)[C@H]4O)c3cc2O[C@H]2O[C@@H](CO)[C@H](O)[C@@H](O)[C@@H]2O)cc(OC)c1O. The summed E-state index contributed by atoms with van der Waals surface area (Å²) in [5.74, 6) is -1.32. The van der Waals surface area contributed by atoms with E-state index in [1.165, 1.54) is 38.5 Å². The summed E-state index contributed by atoms with van der Waals surface area (Å²) < 4.78 is 39.3. The summed E-state index contributed by atoms with van der Waals surface area (Å²) in [4.78, 5) is 0. The van der Waals surface area contributed by atoms with E-state index in [1.54, 1.807) is 0 Å². The van der Waals surface area contributed by atoms with Gasteiger partial charge < -0.3 is 79.5 Å². The van der Waals surface area contributed by atoms with Crippen LogP contribution in [-0.2, 0) is 9.47 Å². The van der Waals surface area contributed by atoms with Crippen LogP contribution in [0.1, 0.15) is 0 Å². The fourth-order valence-electron chi connectivity index (χ4n) is 5.16. The van der Waals surface area contributed by atoms with Crippen LogP contribution in [0.25, 0.3) is 22.3 Å². The van der Waals surface area contributed by atoms with Crippen molar-refractivity contribution in [1.82, 2.24) is 0 Å². The lowest BCUT2D eigenvalue weighted by molar-refractivity contribution is -0.277. The van der Waals surface area contributed by atoms with Gasteiger partial charge in [0.15, 0.2) is 11.5 Å². The minimum Gasteiger partial charge on any atom is -0.507 e. The van der Waals surface area contributed by atoms with E-state index in [-0.39, 0.29) is 56.8 Å². The predicted molar refractivity (Wildman–Crippen MR) is 151 cm³/mol. The third-order valence-electron chi connectivity index (χ3n) is 7.73. The normalized spacial score (nSPS) is 31.4. The molecule has 2 aliphatic heterocycles. The van der Waals surface area contributed by atoms with Crippen molar-refractivity contribution in [2.45, 2.75) is 61.4 Å². The van der Waals surface area contributed by atoms with Gasteiger partial charge in [-0.2, -0.15) is 0 Å². The molecule has 17 nitrogen and oxygen atoms in total. The highest BCUT2D eigenvalue weighted by Gasteiger charge is 2.47. The van der Waals surface area contributed by atoms with Crippen molar-refractivity contribution < 1.29 is 83.9 Å². The smallest absolute Gasteiger partial charge is 0.402 e. The van der Waals surface area contributed by atoms with Crippen LogP contribution >= 0.6 is 0 Å². The van der Waals surface area contributed by atoms with Gasteiger partial charge in [-0.25, -0.2) is 4.42 Å². The molecule has 46 heavy (non-hydrogen) atoms. The first-order valence-corrected chi connectivity index (χ1v) is 14.0. The van der Waals surface area contributed by atoms with Gasteiger partial charge in [0, 0.05) is 24.3 Å². The molecular formula is C29H35O17+. The van der Waals surface area contributed by atoms with E-state index in [9.17, 15) is 51.1 Å². The molecule has 3 heterocycles. The van der Waals surface area contributed by atoms with Crippen molar-refractivity contribution in [3.05, 3.63) is 30.3 Å². The number of aromatic hydroxyl groups is 2. The first kappa shape index (κ1) is 33.6. The number of ether oxygens (including phenoxy) is 6. The zero-order chi connectivity index (χ0) is 33.4. The Hall–Kier alpha value is -3.75. The number of rotatable bonds is 9. The molecule has 252 valence electrons. The standard InChI is InChI=1S/C29H34O17/c1-40-15-3-10(4-16(41-2)20(15)33)27-17(44-29-26(39)24(37)22(35)19(9-31)46-29)7-12-13(42-27)5-11(32)6-14(12)43-28-25(38)23(36)21(34)18(8-30)45-28/h3-7,18-19,21-26,28-31,34-39H,8-9H2,1-2H3,(H-,32,33)/p+1/t18-,19+,21-,22+,23?,24-,25-,26+,28-,29+/m1/s1. The molecule has 2 aliphatic rings. The summed E-state index contributed by atoms with van der Waals surface area (Å²) in [6, 6.07) is 6.34. The van der Waals surface area contributed by atoms with Gasteiger partial charge in [-0.3, -0.25) is 0 Å². The van der Waals surface area contributed by atoms with E-state index in [0.717, 1.165) is 6.07 Å². The van der Waals surface area contributed by atoms with Crippen LogP contribution in [0.2, 0.25) is 0 Å². The molecule has 1 unspecified atom stereocenters. The number of hydrogen-bond acceptors (Lipinski definition) is 16. The third kappa shape index (κ3) is 6.17. The lowest BCUT2D eigenvalue weighted by Gasteiger charge is -2.39. The molecule has 2 fully saturated rings. The van der Waals surface area contributed by atoms with E-state index >= 15 is 0 Å². The number of phenolic OH excluding ortho intramolecular Hbond substituents is 2. The first-order valence-electron chi connectivity index (χ1n) is 14.0. The summed E-state index contributed by atoms with van der Waals surface area (Å²) in [6.45, 7) is -1.45. The Morgan fingerprint density at radius 1 is 0.630 bits per heavy atom. The van der Waals surface area contributed by atoms with Crippen molar-refractivity contribution >= 4 is 11.0 Å². The number of aliphatic hydroxyl groups is 8. The Balaban J connectivity index is 1.65. The maximum absolute atomic E-state index is 10.7. The van der Waals surface area contributed by atoms with Crippen LogP contribution in [-0.4, -0.2) is 140 Å². The topological polar surface area (TPSA) is 269 Å². The van der Waals surface area contributed by atoms with Crippen molar-refractivity contribution in [1.29, 1.82) is 0 Å². The Morgan fingerprint density at radius 2 is 1.13 bits per heavy atom.